The molecule has 0 heterocycles. The Morgan fingerprint density at radius 2 is 1.60 bits per heavy atom. The Bertz CT molecular complexity index is 326. The molecule has 0 spiro atoms. The van der Waals surface area contributed by atoms with Crippen LogP contribution in [-0.2, 0) is 4.79 Å². The fraction of sp³-hybridized carbons (Fsp3) is 0.941. The zero-order chi connectivity index (χ0) is 14.8. The molecule has 2 aliphatic rings. The van der Waals surface area contributed by atoms with Crippen molar-refractivity contribution in [1.82, 2.24) is 5.32 Å². The highest BCUT2D eigenvalue weighted by Crippen LogP contribution is 2.39. The summed E-state index contributed by atoms with van der Waals surface area (Å²) in [6.45, 7) is 6.96. The van der Waals surface area contributed by atoms with Gasteiger partial charge in [-0.15, -0.1) is 0 Å². The number of nitrogens with two attached hydrogens (primary N) is 1. The van der Waals surface area contributed by atoms with Crippen LogP contribution in [0.4, 0.5) is 0 Å². The maximum absolute atomic E-state index is 12.4. The summed E-state index contributed by atoms with van der Waals surface area (Å²) >= 11 is 0. The van der Waals surface area contributed by atoms with Crippen molar-refractivity contribution >= 4 is 5.91 Å². The first-order chi connectivity index (χ1) is 9.38. The van der Waals surface area contributed by atoms with Crippen molar-refractivity contribution in [2.45, 2.75) is 84.2 Å². The van der Waals surface area contributed by atoms with Crippen LogP contribution >= 0.6 is 0 Å². The highest BCUT2D eigenvalue weighted by Gasteiger charge is 2.33. The van der Waals surface area contributed by atoms with Gasteiger partial charge in [0.15, 0.2) is 0 Å². The molecular weight excluding hydrogens is 248 g/mol. The van der Waals surface area contributed by atoms with E-state index in [1.165, 1.54) is 25.7 Å². The van der Waals surface area contributed by atoms with Crippen LogP contribution in [0.25, 0.3) is 0 Å². The van der Waals surface area contributed by atoms with Crippen LogP contribution in [0.3, 0.4) is 0 Å². The maximum atomic E-state index is 12.4. The first-order valence-electron chi connectivity index (χ1n) is 8.44. The summed E-state index contributed by atoms with van der Waals surface area (Å²) in [6, 6.07) is 0.384. The minimum atomic E-state index is 0.165. The Balaban J connectivity index is 1.80. The number of hydrogen-bond acceptors (Lipinski definition) is 2. The van der Waals surface area contributed by atoms with E-state index in [9.17, 15) is 4.79 Å². The summed E-state index contributed by atoms with van der Waals surface area (Å²) in [5, 5.41) is 3.23. The van der Waals surface area contributed by atoms with Gasteiger partial charge in [0.05, 0.1) is 0 Å². The Labute approximate surface area is 124 Å². The number of nitrogens with one attached hydrogen (secondary N) is 1. The molecule has 0 aliphatic heterocycles. The van der Waals surface area contributed by atoms with Gasteiger partial charge in [-0.25, -0.2) is 0 Å². The molecule has 2 atom stereocenters. The standard InChI is InChI=1S/C17H32N2O/c1-17(2,3)13-10-8-12(9-11-13)16(20)19-15-7-5-4-6-14(15)18/h12-15H,4-11,18H2,1-3H3,(H,19,20). The minimum absolute atomic E-state index is 0.165. The lowest BCUT2D eigenvalue weighted by Crippen LogP contribution is -2.51. The molecule has 2 saturated carbocycles. The van der Waals surface area contributed by atoms with Gasteiger partial charge in [0, 0.05) is 18.0 Å². The van der Waals surface area contributed by atoms with Gasteiger partial charge in [0.2, 0.25) is 5.91 Å². The quantitative estimate of drug-likeness (QED) is 0.816. The van der Waals surface area contributed by atoms with Gasteiger partial charge in [-0.3, -0.25) is 4.79 Å². The molecule has 2 unspecified atom stereocenters. The second kappa shape index (κ2) is 6.46. The molecule has 0 radical (unpaired) electrons. The SMILES string of the molecule is CC(C)(C)C1CCC(C(=O)NC2CCCCC2N)CC1. The number of carbonyl (C=O) groups is 1. The highest BCUT2D eigenvalue weighted by atomic mass is 16.1. The van der Waals surface area contributed by atoms with Crippen LogP contribution in [0.1, 0.15) is 72.1 Å². The fourth-order valence-electron chi connectivity index (χ4n) is 3.86. The second-order valence-electron chi connectivity index (χ2n) is 7.98. The van der Waals surface area contributed by atoms with Gasteiger partial charge in [-0.05, 0) is 49.9 Å². The number of amides is 1. The van der Waals surface area contributed by atoms with Gasteiger partial charge >= 0.3 is 0 Å². The lowest BCUT2D eigenvalue weighted by atomic mass is 9.69. The summed E-state index contributed by atoms with van der Waals surface area (Å²) in [5.74, 6) is 1.26. The van der Waals surface area contributed by atoms with E-state index in [2.05, 4.69) is 26.1 Å². The molecule has 0 bridgehead atoms. The third-order valence-corrected chi connectivity index (χ3v) is 5.47. The number of hydrogen-bond donors (Lipinski definition) is 2. The van der Waals surface area contributed by atoms with Crippen LogP contribution in [-0.4, -0.2) is 18.0 Å². The molecule has 0 aromatic rings. The fourth-order valence-corrected chi connectivity index (χ4v) is 3.86. The van der Waals surface area contributed by atoms with Crippen molar-refractivity contribution in [1.29, 1.82) is 0 Å². The van der Waals surface area contributed by atoms with Crippen LogP contribution in [0.2, 0.25) is 0 Å². The van der Waals surface area contributed by atoms with E-state index >= 15 is 0 Å². The normalized spacial score (nSPS) is 35.6. The van der Waals surface area contributed by atoms with Crippen molar-refractivity contribution in [3.05, 3.63) is 0 Å². The second-order valence-corrected chi connectivity index (χ2v) is 7.98. The molecule has 116 valence electrons. The van der Waals surface area contributed by atoms with Gasteiger partial charge in [-0.2, -0.15) is 0 Å². The first kappa shape index (κ1) is 15.8. The Hall–Kier alpha value is -0.570. The molecule has 3 nitrogen and oxygen atoms in total. The Kier molecular flexibility index (Phi) is 5.11. The predicted molar refractivity (Wildman–Crippen MR) is 83.3 cm³/mol. The highest BCUT2D eigenvalue weighted by molar-refractivity contribution is 5.79. The van der Waals surface area contributed by atoms with Crippen LogP contribution in [0.15, 0.2) is 0 Å². The molecule has 2 rings (SSSR count). The molecule has 3 N–H and O–H groups in total. The summed E-state index contributed by atoms with van der Waals surface area (Å²) < 4.78 is 0. The third-order valence-electron chi connectivity index (χ3n) is 5.47. The molecule has 2 aliphatic carbocycles. The Morgan fingerprint density at radius 3 is 2.15 bits per heavy atom. The average Bonchev–Trinajstić information content (AvgIpc) is 2.40. The molecule has 20 heavy (non-hydrogen) atoms. The molecule has 0 aromatic heterocycles. The van der Waals surface area contributed by atoms with Crippen molar-refractivity contribution < 1.29 is 4.79 Å². The van der Waals surface area contributed by atoms with Crippen molar-refractivity contribution in [2.24, 2.45) is 23.0 Å². The molecule has 2 fully saturated rings. The van der Waals surface area contributed by atoms with Gasteiger partial charge in [0.1, 0.15) is 0 Å². The summed E-state index contributed by atoms with van der Waals surface area (Å²) in [7, 11) is 0. The van der Waals surface area contributed by atoms with Gasteiger partial charge in [-0.1, -0.05) is 33.6 Å². The van der Waals surface area contributed by atoms with E-state index < -0.39 is 0 Å². The molecular formula is C17H32N2O. The van der Waals surface area contributed by atoms with E-state index in [1.807, 2.05) is 0 Å². The maximum Gasteiger partial charge on any atom is 0.223 e. The topological polar surface area (TPSA) is 55.1 Å². The molecule has 1 amide bonds. The van der Waals surface area contributed by atoms with Gasteiger partial charge in [0.25, 0.3) is 0 Å². The summed E-state index contributed by atoms with van der Waals surface area (Å²) in [4.78, 5) is 12.4. The zero-order valence-corrected chi connectivity index (χ0v) is 13.5. The number of rotatable bonds is 2. The minimum Gasteiger partial charge on any atom is -0.352 e. The number of carbonyl (C=O) groups excluding carboxylic acids is 1. The molecule has 0 aromatic carbocycles. The summed E-state index contributed by atoms with van der Waals surface area (Å²) in [5.41, 5.74) is 6.50. The zero-order valence-electron chi connectivity index (χ0n) is 13.5. The van der Waals surface area contributed by atoms with Crippen LogP contribution in [0, 0.1) is 17.3 Å². The predicted octanol–water partition coefficient (Wildman–Crippen LogP) is 3.23. The van der Waals surface area contributed by atoms with E-state index in [0.717, 1.165) is 31.6 Å². The third kappa shape index (κ3) is 3.97. The smallest absolute Gasteiger partial charge is 0.223 e. The van der Waals surface area contributed by atoms with Crippen molar-refractivity contribution in [2.75, 3.05) is 0 Å². The van der Waals surface area contributed by atoms with Crippen LogP contribution in [0.5, 0.6) is 0 Å². The summed E-state index contributed by atoms with van der Waals surface area (Å²) in [6.07, 6.45) is 9.02. The van der Waals surface area contributed by atoms with Crippen molar-refractivity contribution in [3.63, 3.8) is 0 Å². The monoisotopic (exact) mass is 280 g/mol. The lowest BCUT2D eigenvalue weighted by molar-refractivity contribution is -0.127. The van der Waals surface area contributed by atoms with Crippen LogP contribution < -0.4 is 11.1 Å². The first-order valence-corrected chi connectivity index (χ1v) is 8.44. The van der Waals surface area contributed by atoms with Crippen molar-refractivity contribution in [3.8, 4) is 0 Å². The van der Waals surface area contributed by atoms with E-state index in [-0.39, 0.29) is 23.9 Å². The molecule has 3 heteroatoms. The molecule has 0 saturated heterocycles. The lowest BCUT2D eigenvalue weighted by Gasteiger charge is -2.37. The Morgan fingerprint density at radius 1 is 1.00 bits per heavy atom. The van der Waals surface area contributed by atoms with Gasteiger partial charge < -0.3 is 11.1 Å². The average molecular weight is 280 g/mol. The van der Waals surface area contributed by atoms with E-state index in [4.69, 9.17) is 5.73 Å². The van der Waals surface area contributed by atoms with E-state index in [0.29, 0.717) is 5.41 Å². The largest absolute Gasteiger partial charge is 0.352 e. The van der Waals surface area contributed by atoms with E-state index in [1.54, 1.807) is 0 Å².